The molecule has 0 spiro atoms. The van der Waals surface area contributed by atoms with Gasteiger partial charge < -0.3 is 0 Å². The standard InChI is InChI=1S/C9H13F3/c1-7(2)5-6-8(3,4)9(10,11)12/h7H,1-4H3. The summed E-state index contributed by atoms with van der Waals surface area (Å²) < 4.78 is 36.5. The molecular formula is C9H13F3. The first kappa shape index (κ1) is 11.4. The lowest BCUT2D eigenvalue weighted by atomic mass is 9.93. The number of halogens is 3. The Labute approximate surface area is 71.2 Å². The average Bonchev–Trinajstić information content (AvgIpc) is 1.81. The maximum absolute atomic E-state index is 12.2. The topological polar surface area (TPSA) is 0 Å². The molecule has 0 radical (unpaired) electrons. The Morgan fingerprint density at radius 2 is 1.50 bits per heavy atom. The van der Waals surface area contributed by atoms with Gasteiger partial charge in [-0.2, -0.15) is 13.2 Å². The minimum Gasteiger partial charge on any atom is -0.169 e. The first-order valence-electron chi connectivity index (χ1n) is 3.76. The smallest absolute Gasteiger partial charge is 0.169 e. The lowest BCUT2D eigenvalue weighted by molar-refractivity contribution is -0.190. The molecule has 0 aliphatic carbocycles. The molecule has 0 aliphatic heterocycles. The van der Waals surface area contributed by atoms with E-state index < -0.39 is 11.6 Å². The third kappa shape index (κ3) is 3.17. The fourth-order valence-corrected chi connectivity index (χ4v) is 0.396. The Bertz CT molecular complexity index is 200. The molecule has 0 saturated heterocycles. The molecule has 0 N–H and O–H groups in total. The van der Waals surface area contributed by atoms with Crippen LogP contribution in [-0.4, -0.2) is 6.18 Å². The summed E-state index contributed by atoms with van der Waals surface area (Å²) in [7, 11) is 0. The predicted octanol–water partition coefficient (Wildman–Crippen LogP) is 3.23. The highest BCUT2D eigenvalue weighted by molar-refractivity contribution is 5.12. The summed E-state index contributed by atoms with van der Waals surface area (Å²) in [6.45, 7) is 5.70. The van der Waals surface area contributed by atoms with Crippen molar-refractivity contribution in [2.75, 3.05) is 0 Å². The van der Waals surface area contributed by atoms with Crippen LogP contribution in [0.2, 0.25) is 0 Å². The van der Waals surface area contributed by atoms with E-state index in [1.165, 1.54) is 0 Å². The summed E-state index contributed by atoms with van der Waals surface area (Å²) in [4.78, 5) is 0. The van der Waals surface area contributed by atoms with Gasteiger partial charge in [-0.3, -0.25) is 0 Å². The van der Waals surface area contributed by atoms with Gasteiger partial charge in [0.25, 0.3) is 0 Å². The maximum atomic E-state index is 12.2. The van der Waals surface area contributed by atoms with Gasteiger partial charge in [-0.15, -0.1) is 0 Å². The Hall–Kier alpha value is -0.650. The first-order chi connectivity index (χ1) is 5.17. The second kappa shape index (κ2) is 3.38. The van der Waals surface area contributed by atoms with Crippen molar-refractivity contribution < 1.29 is 13.2 Å². The fraction of sp³-hybridized carbons (Fsp3) is 0.778. The molecule has 0 unspecified atom stereocenters. The summed E-state index contributed by atoms with van der Waals surface area (Å²) in [6, 6.07) is 0. The number of rotatable bonds is 0. The molecule has 0 aliphatic rings. The second-order valence-corrected chi connectivity index (χ2v) is 3.55. The van der Waals surface area contributed by atoms with Crippen LogP contribution < -0.4 is 0 Å². The highest BCUT2D eigenvalue weighted by Gasteiger charge is 2.46. The summed E-state index contributed by atoms with van der Waals surface area (Å²) in [5.41, 5.74) is -1.89. The molecule has 0 aromatic carbocycles. The van der Waals surface area contributed by atoms with E-state index in [1.807, 2.05) is 0 Å². The van der Waals surface area contributed by atoms with Crippen molar-refractivity contribution in [3.8, 4) is 11.8 Å². The third-order valence-corrected chi connectivity index (χ3v) is 1.38. The van der Waals surface area contributed by atoms with Gasteiger partial charge in [0.05, 0.1) is 0 Å². The molecule has 12 heavy (non-hydrogen) atoms. The Morgan fingerprint density at radius 3 is 1.75 bits per heavy atom. The van der Waals surface area contributed by atoms with Crippen molar-refractivity contribution in [2.24, 2.45) is 11.3 Å². The minimum absolute atomic E-state index is 0.0216. The minimum atomic E-state index is -4.24. The van der Waals surface area contributed by atoms with E-state index >= 15 is 0 Å². The molecule has 0 aromatic heterocycles. The van der Waals surface area contributed by atoms with Crippen molar-refractivity contribution in [1.29, 1.82) is 0 Å². The van der Waals surface area contributed by atoms with E-state index in [-0.39, 0.29) is 5.92 Å². The number of alkyl halides is 3. The van der Waals surface area contributed by atoms with Gasteiger partial charge in [0.1, 0.15) is 5.41 Å². The van der Waals surface area contributed by atoms with Crippen LogP contribution >= 0.6 is 0 Å². The van der Waals surface area contributed by atoms with Crippen molar-refractivity contribution in [2.45, 2.75) is 33.9 Å². The van der Waals surface area contributed by atoms with E-state index in [2.05, 4.69) is 11.8 Å². The molecule has 0 saturated carbocycles. The molecule has 0 amide bonds. The molecule has 0 nitrogen and oxygen atoms in total. The molecule has 0 heterocycles. The number of hydrogen-bond acceptors (Lipinski definition) is 0. The summed E-state index contributed by atoms with van der Waals surface area (Å²) in [5.74, 6) is 4.72. The highest BCUT2D eigenvalue weighted by atomic mass is 19.4. The van der Waals surface area contributed by atoms with Gasteiger partial charge in [-0.05, 0) is 13.8 Å². The molecule has 3 heteroatoms. The van der Waals surface area contributed by atoms with Gasteiger partial charge in [-0.25, -0.2) is 0 Å². The number of hydrogen-bond donors (Lipinski definition) is 0. The zero-order valence-electron chi connectivity index (χ0n) is 7.71. The van der Waals surface area contributed by atoms with Crippen LogP contribution in [0.5, 0.6) is 0 Å². The van der Waals surface area contributed by atoms with E-state index in [0.717, 1.165) is 13.8 Å². The second-order valence-electron chi connectivity index (χ2n) is 3.55. The van der Waals surface area contributed by atoms with Crippen LogP contribution in [0.25, 0.3) is 0 Å². The lowest BCUT2D eigenvalue weighted by Gasteiger charge is -2.21. The predicted molar refractivity (Wildman–Crippen MR) is 42.5 cm³/mol. The third-order valence-electron chi connectivity index (χ3n) is 1.38. The maximum Gasteiger partial charge on any atom is 0.404 e. The SMILES string of the molecule is CC(C)C#CC(C)(C)C(F)(F)F. The van der Waals surface area contributed by atoms with Crippen molar-refractivity contribution >= 4 is 0 Å². The fourth-order valence-electron chi connectivity index (χ4n) is 0.396. The normalized spacial score (nSPS) is 12.7. The largest absolute Gasteiger partial charge is 0.404 e. The average molecular weight is 178 g/mol. The summed E-state index contributed by atoms with van der Waals surface area (Å²) >= 11 is 0. The molecular weight excluding hydrogens is 165 g/mol. The van der Waals surface area contributed by atoms with E-state index in [1.54, 1.807) is 13.8 Å². The van der Waals surface area contributed by atoms with E-state index in [9.17, 15) is 13.2 Å². The Morgan fingerprint density at radius 1 is 1.08 bits per heavy atom. The first-order valence-corrected chi connectivity index (χ1v) is 3.76. The Kier molecular flexibility index (Phi) is 3.20. The zero-order chi connectivity index (χ0) is 9.99. The molecule has 0 fully saturated rings. The van der Waals surface area contributed by atoms with Gasteiger partial charge in [0, 0.05) is 5.92 Å². The molecule has 0 bridgehead atoms. The van der Waals surface area contributed by atoms with Crippen LogP contribution in [-0.2, 0) is 0 Å². The van der Waals surface area contributed by atoms with Crippen LogP contribution in [0, 0.1) is 23.2 Å². The van der Waals surface area contributed by atoms with Crippen LogP contribution in [0.1, 0.15) is 27.7 Å². The molecule has 0 rings (SSSR count). The lowest BCUT2D eigenvalue weighted by Crippen LogP contribution is -2.30. The van der Waals surface area contributed by atoms with Crippen molar-refractivity contribution in [1.82, 2.24) is 0 Å². The monoisotopic (exact) mass is 178 g/mol. The van der Waals surface area contributed by atoms with E-state index in [4.69, 9.17) is 0 Å². The molecule has 0 atom stereocenters. The van der Waals surface area contributed by atoms with Gasteiger partial charge in [0.2, 0.25) is 0 Å². The van der Waals surface area contributed by atoms with Gasteiger partial charge >= 0.3 is 6.18 Å². The van der Waals surface area contributed by atoms with Crippen molar-refractivity contribution in [3.05, 3.63) is 0 Å². The molecule has 70 valence electrons. The van der Waals surface area contributed by atoms with E-state index in [0.29, 0.717) is 0 Å². The summed E-state index contributed by atoms with van der Waals surface area (Å²) in [6.07, 6.45) is -4.24. The molecule has 0 aromatic rings. The van der Waals surface area contributed by atoms with Gasteiger partial charge in [-0.1, -0.05) is 25.7 Å². The van der Waals surface area contributed by atoms with Crippen LogP contribution in [0.4, 0.5) is 13.2 Å². The van der Waals surface area contributed by atoms with Gasteiger partial charge in [0.15, 0.2) is 0 Å². The zero-order valence-corrected chi connectivity index (χ0v) is 7.71. The quantitative estimate of drug-likeness (QED) is 0.499. The summed E-state index contributed by atoms with van der Waals surface area (Å²) in [5, 5.41) is 0. The van der Waals surface area contributed by atoms with Crippen molar-refractivity contribution in [3.63, 3.8) is 0 Å². The van der Waals surface area contributed by atoms with Crippen LogP contribution in [0.3, 0.4) is 0 Å². The highest BCUT2D eigenvalue weighted by Crippen LogP contribution is 2.36. The Balaban J connectivity index is 4.57. The van der Waals surface area contributed by atoms with Crippen LogP contribution in [0.15, 0.2) is 0 Å².